The minimum Gasteiger partial charge on any atom is -0.463 e. The fraction of sp³-hybridized carbons (Fsp3) is 0.161. The normalized spacial score (nSPS) is 14.9. The van der Waals surface area contributed by atoms with Gasteiger partial charge in [-0.3, -0.25) is 14.2 Å². The molecule has 0 saturated heterocycles. The van der Waals surface area contributed by atoms with Gasteiger partial charge >= 0.3 is 11.9 Å². The average molecular weight is 571 g/mol. The first kappa shape index (κ1) is 27.4. The van der Waals surface area contributed by atoms with Gasteiger partial charge in [0.2, 0.25) is 0 Å². The zero-order chi connectivity index (χ0) is 28.2. The van der Waals surface area contributed by atoms with Gasteiger partial charge in [-0.1, -0.05) is 72.0 Å². The quantitative estimate of drug-likeness (QED) is 0.184. The summed E-state index contributed by atoms with van der Waals surface area (Å²) in [5, 5.41) is 0. The van der Waals surface area contributed by atoms with E-state index in [2.05, 4.69) is 0 Å². The SMILES string of the molecule is CCOC(=O)C1=C(c2ccccc2)N=c2s/c(=C\c3ccccc3OC(C)=O)c(=O)n2[C@H]1c1ccc(SC)cc1. The molecular formula is C31H26N2O5S2. The molecule has 0 N–H and O–H groups in total. The Hall–Kier alpha value is -4.21. The van der Waals surface area contributed by atoms with Crippen LogP contribution in [0.5, 0.6) is 5.75 Å². The predicted molar refractivity (Wildman–Crippen MR) is 157 cm³/mol. The van der Waals surface area contributed by atoms with E-state index in [9.17, 15) is 14.4 Å². The highest BCUT2D eigenvalue weighted by Gasteiger charge is 2.35. The lowest BCUT2D eigenvalue weighted by Crippen LogP contribution is -2.40. The highest BCUT2D eigenvalue weighted by Crippen LogP contribution is 2.35. The largest absolute Gasteiger partial charge is 0.463 e. The van der Waals surface area contributed by atoms with Crippen molar-refractivity contribution in [2.75, 3.05) is 12.9 Å². The van der Waals surface area contributed by atoms with Crippen LogP contribution in [0.2, 0.25) is 0 Å². The lowest BCUT2D eigenvalue weighted by molar-refractivity contribution is -0.139. The molecular weight excluding hydrogens is 544 g/mol. The molecule has 0 unspecified atom stereocenters. The first-order valence-corrected chi connectivity index (χ1v) is 14.6. The summed E-state index contributed by atoms with van der Waals surface area (Å²) in [6, 6.07) is 23.5. The molecule has 0 radical (unpaired) electrons. The number of nitrogens with zero attached hydrogens (tertiary/aromatic N) is 2. The van der Waals surface area contributed by atoms with E-state index in [0.29, 0.717) is 31.9 Å². The Morgan fingerprint density at radius 2 is 1.73 bits per heavy atom. The molecule has 0 aliphatic carbocycles. The molecule has 0 saturated carbocycles. The van der Waals surface area contributed by atoms with Crippen LogP contribution in [-0.2, 0) is 14.3 Å². The fourth-order valence-electron chi connectivity index (χ4n) is 4.53. The second-order valence-corrected chi connectivity index (χ2v) is 10.7. The molecule has 1 aromatic heterocycles. The fourth-order valence-corrected chi connectivity index (χ4v) is 5.93. The lowest BCUT2D eigenvalue weighted by Gasteiger charge is -2.26. The van der Waals surface area contributed by atoms with Gasteiger partial charge in [-0.05, 0) is 43.0 Å². The van der Waals surface area contributed by atoms with Gasteiger partial charge in [0, 0.05) is 22.9 Å². The molecule has 0 spiro atoms. The molecule has 2 heterocycles. The highest BCUT2D eigenvalue weighted by atomic mass is 32.2. The maximum atomic E-state index is 14.0. The molecule has 1 aliphatic rings. The predicted octanol–water partition coefficient (Wildman–Crippen LogP) is 4.58. The van der Waals surface area contributed by atoms with Gasteiger partial charge in [0.15, 0.2) is 4.80 Å². The third-order valence-electron chi connectivity index (χ3n) is 6.26. The third kappa shape index (κ3) is 5.43. The van der Waals surface area contributed by atoms with E-state index in [1.54, 1.807) is 53.6 Å². The van der Waals surface area contributed by atoms with Crippen LogP contribution < -0.4 is 19.6 Å². The Balaban J connectivity index is 1.81. The second kappa shape index (κ2) is 11.9. The van der Waals surface area contributed by atoms with E-state index < -0.39 is 18.0 Å². The van der Waals surface area contributed by atoms with Gasteiger partial charge in [0.1, 0.15) is 5.75 Å². The van der Waals surface area contributed by atoms with Crippen molar-refractivity contribution in [1.82, 2.24) is 4.57 Å². The summed E-state index contributed by atoms with van der Waals surface area (Å²) in [6.45, 7) is 3.26. The Kier molecular flexibility index (Phi) is 8.14. The van der Waals surface area contributed by atoms with E-state index in [0.717, 1.165) is 16.0 Å². The Morgan fingerprint density at radius 3 is 2.40 bits per heavy atom. The van der Waals surface area contributed by atoms with Crippen molar-refractivity contribution in [2.24, 2.45) is 4.99 Å². The number of fused-ring (bicyclic) bond motifs is 1. The number of rotatable bonds is 7. The summed E-state index contributed by atoms with van der Waals surface area (Å²) < 4.78 is 12.8. The summed E-state index contributed by atoms with van der Waals surface area (Å²) in [6.07, 6.45) is 3.68. The molecule has 1 aliphatic heterocycles. The number of benzene rings is 3. The number of ether oxygens (including phenoxy) is 2. The van der Waals surface area contributed by atoms with E-state index in [-0.39, 0.29) is 12.2 Å². The first-order chi connectivity index (χ1) is 19.4. The molecule has 7 nitrogen and oxygen atoms in total. The van der Waals surface area contributed by atoms with Crippen LogP contribution in [0.15, 0.2) is 99.1 Å². The number of carbonyl (C=O) groups is 2. The van der Waals surface area contributed by atoms with E-state index in [4.69, 9.17) is 14.5 Å². The first-order valence-electron chi connectivity index (χ1n) is 12.6. The average Bonchev–Trinajstić information content (AvgIpc) is 3.28. The maximum absolute atomic E-state index is 14.0. The highest BCUT2D eigenvalue weighted by molar-refractivity contribution is 7.98. The molecule has 3 aromatic carbocycles. The molecule has 4 aromatic rings. The Labute approximate surface area is 239 Å². The lowest BCUT2D eigenvalue weighted by atomic mass is 9.93. The van der Waals surface area contributed by atoms with Crippen LogP contribution in [0.3, 0.4) is 0 Å². The molecule has 202 valence electrons. The summed E-state index contributed by atoms with van der Waals surface area (Å²) in [7, 11) is 0. The van der Waals surface area contributed by atoms with Gasteiger partial charge in [0.05, 0.1) is 28.5 Å². The minimum atomic E-state index is -0.757. The third-order valence-corrected chi connectivity index (χ3v) is 7.99. The topological polar surface area (TPSA) is 87.0 Å². The van der Waals surface area contributed by atoms with Crippen LogP contribution in [0, 0.1) is 0 Å². The number of carbonyl (C=O) groups excluding carboxylic acids is 2. The van der Waals surface area contributed by atoms with Crippen LogP contribution >= 0.6 is 23.1 Å². The van der Waals surface area contributed by atoms with Crippen molar-refractivity contribution in [1.29, 1.82) is 0 Å². The maximum Gasteiger partial charge on any atom is 0.338 e. The number of hydrogen-bond donors (Lipinski definition) is 0. The monoisotopic (exact) mass is 570 g/mol. The van der Waals surface area contributed by atoms with Crippen LogP contribution in [0.1, 0.15) is 36.6 Å². The molecule has 9 heteroatoms. The molecule has 0 bridgehead atoms. The number of aromatic nitrogens is 1. The van der Waals surface area contributed by atoms with Gasteiger partial charge in [-0.25, -0.2) is 9.79 Å². The smallest absolute Gasteiger partial charge is 0.338 e. The van der Waals surface area contributed by atoms with Crippen LogP contribution in [0.25, 0.3) is 11.8 Å². The van der Waals surface area contributed by atoms with Crippen molar-refractivity contribution in [3.8, 4) is 5.75 Å². The number of para-hydroxylation sites is 1. The number of thioether (sulfide) groups is 1. The Morgan fingerprint density at radius 1 is 1.02 bits per heavy atom. The molecule has 5 rings (SSSR count). The molecule has 1 atom stereocenters. The van der Waals surface area contributed by atoms with Crippen molar-refractivity contribution < 1.29 is 19.1 Å². The van der Waals surface area contributed by atoms with E-state index in [1.807, 2.05) is 60.9 Å². The van der Waals surface area contributed by atoms with Gasteiger partial charge in [-0.2, -0.15) is 0 Å². The van der Waals surface area contributed by atoms with E-state index in [1.165, 1.54) is 18.3 Å². The second-order valence-electron chi connectivity index (χ2n) is 8.84. The van der Waals surface area contributed by atoms with Crippen molar-refractivity contribution in [3.63, 3.8) is 0 Å². The van der Waals surface area contributed by atoms with Crippen molar-refractivity contribution in [2.45, 2.75) is 24.8 Å². The standard InChI is InChI=1S/C31H26N2O5S2/c1-4-37-30(36)26-27(20-10-6-5-7-11-20)32-31-33(28(26)21-14-16-23(39-3)17-15-21)29(35)25(40-31)18-22-12-8-9-13-24(22)38-19(2)34/h5-18,28H,4H2,1-3H3/b25-18-/t28-/m0/s1. The number of thiazole rings is 1. The summed E-state index contributed by atoms with van der Waals surface area (Å²) >= 11 is 2.82. The summed E-state index contributed by atoms with van der Waals surface area (Å²) in [5.74, 6) is -0.636. The van der Waals surface area contributed by atoms with Crippen LogP contribution in [-0.4, -0.2) is 29.4 Å². The van der Waals surface area contributed by atoms with Crippen molar-refractivity contribution >= 4 is 46.8 Å². The Bertz CT molecular complexity index is 1790. The zero-order valence-electron chi connectivity index (χ0n) is 22.1. The van der Waals surface area contributed by atoms with Crippen molar-refractivity contribution in [3.05, 3.63) is 121 Å². The number of esters is 2. The zero-order valence-corrected chi connectivity index (χ0v) is 23.8. The molecule has 0 amide bonds. The summed E-state index contributed by atoms with van der Waals surface area (Å²) in [5.41, 5.74) is 2.53. The molecule has 0 fully saturated rings. The van der Waals surface area contributed by atoms with Gasteiger partial charge in [0.25, 0.3) is 5.56 Å². The summed E-state index contributed by atoms with van der Waals surface area (Å²) in [4.78, 5) is 45.6. The van der Waals surface area contributed by atoms with E-state index >= 15 is 0 Å². The van der Waals surface area contributed by atoms with Gasteiger partial charge < -0.3 is 9.47 Å². The number of hydrogen-bond acceptors (Lipinski definition) is 8. The van der Waals surface area contributed by atoms with Gasteiger partial charge in [-0.15, -0.1) is 11.8 Å². The molecule has 40 heavy (non-hydrogen) atoms. The van der Waals surface area contributed by atoms with Crippen LogP contribution in [0.4, 0.5) is 0 Å². The minimum absolute atomic E-state index is 0.180.